The van der Waals surface area contributed by atoms with Gasteiger partial charge in [-0.3, -0.25) is 14.6 Å². The van der Waals surface area contributed by atoms with Crippen LogP contribution in [0.25, 0.3) is 11.0 Å². The number of carbonyl (C=O) groups excluding carboxylic acids is 2. The highest BCUT2D eigenvalue weighted by molar-refractivity contribution is 6.11. The molecule has 2 N–H and O–H groups in total. The lowest BCUT2D eigenvalue weighted by Crippen LogP contribution is -2.26. The lowest BCUT2D eigenvalue weighted by Gasteiger charge is -2.06. The minimum absolute atomic E-state index is 0.000962. The highest BCUT2D eigenvalue weighted by atomic mass is 19.3. The Balaban J connectivity index is 0.000000147. The first-order chi connectivity index (χ1) is 21.8. The zero-order chi connectivity index (χ0) is 32.5. The molecule has 2 aromatic carbocycles. The number of benzene rings is 2. The van der Waals surface area contributed by atoms with E-state index in [0.717, 1.165) is 10.1 Å². The fourth-order valence-corrected chi connectivity index (χ4v) is 5.38. The van der Waals surface area contributed by atoms with Crippen LogP contribution in [0.5, 0.6) is 23.0 Å². The Labute approximate surface area is 256 Å². The summed E-state index contributed by atoms with van der Waals surface area (Å²) in [5, 5.41) is 0. The molecule has 3 aliphatic rings. The third-order valence-corrected chi connectivity index (χ3v) is 7.44. The largest absolute Gasteiger partial charge is 0.586 e. The number of aliphatic imine (C=N–C) groups is 1. The van der Waals surface area contributed by atoms with Crippen LogP contribution in [0.15, 0.2) is 65.9 Å². The van der Waals surface area contributed by atoms with Gasteiger partial charge < -0.3 is 33.8 Å². The smallest absolute Gasteiger partial charge is 0.395 e. The van der Waals surface area contributed by atoms with Crippen molar-refractivity contribution in [3.05, 3.63) is 77.9 Å². The minimum atomic E-state index is -3.74. The molecule has 6 heterocycles. The van der Waals surface area contributed by atoms with E-state index in [-0.39, 0.29) is 52.2 Å². The van der Waals surface area contributed by atoms with Crippen LogP contribution in [0.1, 0.15) is 33.0 Å². The summed E-state index contributed by atoms with van der Waals surface area (Å²) in [7, 11) is 3.51. The molecule has 0 fully saturated rings. The van der Waals surface area contributed by atoms with Gasteiger partial charge in [-0.15, -0.1) is 17.6 Å². The Morgan fingerprint density at radius 2 is 1.41 bits per heavy atom. The number of carbonyl (C=O) groups is 2. The number of nitrogens with zero attached hydrogens (tertiary/aromatic N) is 5. The van der Waals surface area contributed by atoms with Crippen molar-refractivity contribution in [1.82, 2.24) is 18.7 Å². The molecule has 0 spiro atoms. The molecular weight excluding hydrogens is 616 g/mol. The molecule has 0 radical (unpaired) electrons. The second-order valence-corrected chi connectivity index (χ2v) is 10.6. The number of imidazole rings is 1. The predicted molar refractivity (Wildman–Crippen MR) is 153 cm³/mol. The topological polar surface area (TPSA) is 137 Å². The summed E-state index contributed by atoms with van der Waals surface area (Å²) >= 11 is 0. The summed E-state index contributed by atoms with van der Waals surface area (Å²) in [4.78, 5) is 33.3. The Morgan fingerprint density at radius 1 is 0.848 bits per heavy atom. The Morgan fingerprint density at radius 3 is 2.02 bits per heavy atom. The van der Waals surface area contributed by atoms with E-state index >= 15 is 0 Å². The van der Waals surface area contributed by atoms with Gasteiger partial charge in [-0.05, 0) is 35.9 Å². The molecule has 3 aromatic heterocycles. The molecule has 46 heavy (non-hydrogen) atoms. The number of hydrogen-bond donors (Lipinski definition) is 1. The first kappa shape index (κ1) is 28.9. The van der Waals surface area contributed by atoms with Crippen molar-refractivity contribution in [3.63, 3.8) is 0 Å². The molecule has 0 bridgehead atoms. The highest BCUT2D eigenvalue weighted by Gasteiger charge is 2.45. The number of aryl methyl sites for hydroxylation is 2. The van der Waals surface area contributed by atoms with Crippen LogP contribution in [0.4, 0.5) is 29.2 Å². The van der Waals surface area contributed by atoms with E-state index < -0.39 is 18.5 Å². The Hall–Kier alpha value is -5.80. The number of nitrogens with two attached hydrogens (primary N) is 1. The minimum Gasteiger partial charge on any atom is -0.395 e. The van der Waals surface area contributed by atoms with Crippen LogP contribution in [-0.4, -0.2) is 48.7 Å². The van der Waals surface area contributed by atoms with Crippen molar-refractivity contribution >= 4 is 40.1 Å². The third kappa shape index (κ3) is 5.06. The molecule has 12 nitrogen and oxygen atoms in total. The van der Waals surface area contributed by atoms with Crippen LogP contribution in [-0.2, 0) is 20.5 Å². The summed E-state index contributed by atoms with van der Waals surface area (Å²) in [6, 6.07) is 12.3. The Bertz CT molecular complexity index is 2110. The molecular formula is C30H22F4N6O6. The second kappa shape index (κ2) is 10.1. The number of aromatic nitrogens is 4. The molecule has 0 unspecified atom stereocenters. The molecule has 5 aromatic rings. The zero-order valence-corrected chi connectivity index (χ0v) is 24.0. The summed E-state index contributed by atoms with van der Waals surface area (Å²) in [5.74, 6) is -0.881. The van der Waals surface area contributed by atoms with Crippen LogP contribution in [0.3, 0.4) is 0 Å². The fraction of sp³-hybridized carbons (Fsp3) is 0.200. The Kier molecular flexibility index (Phi) is 6.36. The van der Waals surface area contributed by atoms with E-state index in [2.05, 4.69) is 28.9 Å². The van der Waals surface area contributed by atoms with E-state index in [1.54, 1.807) is 59.9 Å². The standard InChI is InChI=1S/C16H12F2N2O3.C14H10F2N4O3/c1-20-4-2-3-12(20)13(21)7-10-5-9-6-14-15(8-11(9)19-10)23-16(17,18)22-14;1-19-4-2-3-8(19)12(21)20-9-6-11-10(22-14(15,16)23-11)5-7(9)18-13(20)17/h2-4,6,8H,5,7H2,1H3;2-6H,1H3,(H2,17,18). The predicted octanol–water partition coefficient (Wildman–Crippen LogP) is 5.22. The third-order valence-electron chi connectivity index (χ3n) is 7.44. The van der Waals surface area contributed by atoms with E-state index in [1.165, 1.54) is 24.3 Å². The maximum Gasteiger partial charge on any atom is 0.586 e. The zero-order valence-electron chi connectivity index (χ0n) is 24.0. The molecule has 8 rings (SSSR count). The van der Waals surface area contributed by atoms with Gasteiger partial charge in [-0.2, -0.15) is 0 Å². The van der Waals surface area contributed by atoms with Crippen molar-refractivity contribution in [1.29, 1.82) is 0 Å². The first-order valence-corrected chi connectivity index (χ1v) is 13.6. The summed E-state index contributed by atoms with van der Waals surface area (Å²) in [6.45, 7) is 0. The molecule has 236 valence electrons. The number of ketones is 1. The van der Waals surface area contributed by atoms with E-state index in [1.807, 2.05) is 0 Å². The first-order valence-electron chi connectivity index (χ1n) is 13.6. The number of nitrogen functional groups attached to an aromatic ring is 1. The lowest BCUT2D eigenvalue weighted by molar-refractivity contribution is -0.287. The molecule has 16 heteroatoms. The van der Waals surface area contributed by atoms with Crippen molar-refractivity contribution in [2.75, 3.05) is 5.73 Å². The van der Waals surface area contributed by atoms with Crippen molar-refractivity contribution in [2.45, 2.75) is 25.4 Å². The molecule has 0 saturated carbocycles. The van der Waals surface area contributed by atoms with Crippen molar-refractivity contribution in [2.24, 2.45) is 19.1 Å². The van der Waals surface area contributed by atoms with Gasteiger partial charge in [0.1, 0.15) is 5.69 Å². The van der Waals surface area contributed by atoms with Gasteiger partial charge >= 0.3 is 12.6 Å². The number of hydrogen-bond acceptors (Lipinski definition) is 9. The van der Waals surface area contributed by atoms with Crippen LogP contribution >= 0.6 is 0 Å². The van der Waals surface area contributed by atoms with E-state index in [0.29, 0.717) is 29.2 Å². The lowest BCUT2D eigenvalue weighted by atomic mass is 10.0. The van der Waals surface area contributed by atoms with Gasteiger partial charge in [0.25, 0.3) is 5.91 Å². The molecule has 0 saturated heterocycles. The van der Waals surface area contributed by atoms with Gasteiger partial charge in [0, 0.05) is 56.8 Å². The number of rotatable bonds is 4. The summed E-state index contributed by atoms with van der Waals surface area (Å²) in [5.41, 5.74) is 9.30. The normalized spacial score (nSPS) is 16.2. The van der Waals surface area contributed by atoms with Gasteiger partial charge in [-0.25, -0.2) is 9.55 Å². The number of Topliss-reactive ketones (excluding diaryl/α,β-unsaturated/α-hetero) is 1. The monoisotopic (exact) mass is 638 g/mol. The van der Waals surface area contributed by atoms with Crippen molar-refractivity contribution < 1.29 is 46.1 Å². The second-order valence-electron chi connectivity index (χ2n) is 10.6. The number of alkyl halides is 4. The van der Waals surface area contributed by atoms with Crippen molar-refractivity contribution in [3.8, 4) is 23.0 Å². The number of fused-ring (bicyclic) bond motifs is 4. The van der Waals surface area contributed by atoms with Gasteiger partial charge in [0.15, 0.2) is 28.8 Å². The van der Waals surface area contributed by atoms with Gasteiger partial charge in [-0.1, -0.05) is 0 Å². The maximum atomic E-state index is 13.1. The number of halogens is 4. The fourth-order valence-electron chi connectivity index (χ4n) is 5.38. The summed E-state index contributed by atoms with van der Waals surface area (Å²) < 4.78 is 74.5. The molecule has 0 atom stereocenters. The van der Waals surface area contributed by atoms with E-state index in [9.17, 15) is 27.2 Å². The SMILES string of the molecule is Cn1cccc1C(=O)CC1=Nc2cc3c(cc2C1)OC(F)(F)O3.Cn1cccc1C(=O)n1c(N)nc2cc3c(cc21)OC(F)(F)O3. The maximum absolute atomic E-state index is 13.1. The van der Waals surface area contributed by atoms with Gasteiger partial charge in [0.05, 0.1) is 28.8 Å². The van der Waals surface area contributed by atoms with Crippen LogP contribution in [0.2, 0.25) is 0 Å². The quantitative estimate of drug-likeness (QED) is 0.209. The van der Waals surface area contributed by atoms with Crippen LogP contribution < -0.4 is 24.7 Å². The number of anilines is 1. The average molecular weight is 639 g/mol. The summed E-state index contributed by atoms with van der Waals surface area (Å²) in [6.07, 6.45) is -3.23. The molecule has 0 amide bonds. The number of ether oxygens (including phenoxy) is 4. The van der Waals surface area contributed by atoms with Gasteiger partial charge in [0.2, 0.25) is 5.95 Å². The van der Waals surface area contributed by atoms with E-state index in [4.69, 9.17) is 5.73 Å². The highest BCUT2D eigenvalue weighted by Crippen LogP contribution is 2.46. The molecule has 0 aliphatic carbocycles. The average Bonchev–Trinajstić information content (AvgIpc) is 3.79. The van der Waals surface area contributed by atoms with Crippen LogP contribution in [0, 0.1) is 0 Å². The molecule has 3 aliphatic heterocycles.